The van der Waals surface area contributed by atoms with Crippen LogP contribution in [0.2, 0.25) is 0 Å². The van der Waals surface area contributed by atoms with Gasteiger partial charge in [-0.15, -0.1) is 0 Å². The van der Waals surface area contributed by atoms with Gasteiger partial charge in [-0.25, -0.2) is 0 Å². The number of methoxy groups -OCH3 is 1. The number of benzene rings is 1. The molecule has 15 heavy (non-hydrogen) atoms. The monoisotopic (exact) mass is 318 g/mol. The van der Waals surface area contributed by atoms with Crippen molar-refractivity contribution in [1.29, 1.82) is 0 Å². The molecule has 0 spiro atoms. The standard InChI is InChI=1S/C12H15IO2/c1-11(2)12(8-13,15-11)9-5-4-6-10(7-9)14-3/h4-7H,8H2,1-3H3/t12-/m0/s1. The van der Waals surface area contributed by atoms with Gasteiger partial charge < -0.3 is 9.47 Å². The molecule has 0 radical (unpaired) electrons. The molecule has 1 aliphatic heterocycles. The number of hydrogen-bond acceptors (Lipinski definition) is 2. The van der Waals surface area contributed by atoms with Crippen molar-refractivity contribution in [2.24, 2.45) is 0 Å². The van der Waals surface area contributed by atoms with E-state index in [2.05, 4.69) is 48.6 Å². The van der Waals surface area contributed by atoms with Crippen LogP contribution in [0.5, 0.6) is 5.75 Å². The maximum atomic E-state index is 5.86. The minimum absolute atomic E-state index is 0.0550. The summed E-state index contributed by atoms with van der Waals surface area (Å²) in [5.41, 5.74) is 1.03. The Balaban J connectivity index is 2.37. The molecule has 3 heteroatoms. The predicted octanol–water partition coefficient (Wildman–Crippen LogP) is 3.13. The molecule has 1 aromatic rings. The molecule has 0 bridgehead atoms. The summed E-state index contributed by atoms with van der Waals surface area (Å²) in [5, 5.41) is 0. The van der Waals surface area contributed by atoms with Gasteiger partial charge in [0, 0.05) is 4.43 Å². The second-order valence-electron chi connectivity index (χ2n) is 4.30. The van der Waals surface area contributed by atoms with E-state index in [0.717, 1.165) is 10.2 Å². The minimum atomic E-state index is -0.123. The molecule has 1 fully saturated rings. The zero-order chi connectivity index (χ0) is 11.1. The van der Waals surface area contributed by atoms with Crippen LogP contribution in [-0.4, -0.2) is 17.1 Å². The van der Waals surface area contributed by atoms with Crippen LogP contribution in [0.1, 0.15) is 19.4 Å². The second kappa shape index (κ2) is 3.63. The molecule has 0 unspecified atom stereocenters. The number of epoxide rings is 1. The number of rotatable bonds is 3. The van der Waals surface area contributed by atoms with E-state index in [1.54, 1.807) is 7.11 Å². The fourth-order valence-electron chi connectivity index (χ4n) is 1.96. The summed E-state index contributed by atoms with van der Waals surface area (Å²) in [7, 11) is 1.69. The highest BCUT2D eigenvalue weighted by molar-refractivity contribution is 14.1. The molecule has 0 aromatic heterocycles. The fourth-order valence-corrected chi connectivity index (χ4v) is 3.47. The average Bonchev–Trinajstić information content (AvgIpc) is 2.82. The van der Waals surface area contributed by atoms with Crippen molar-refractivity contribution in [3.05, 3.63) is 29.8 Å². The summed E-state index contributed by atoms with van der Waals surface area (Å²) in [6.07, 6.45) is 0. The molecular formula is C12H15IO2. The zero-order valence-corrected chi connectivity index (χ0v) is 11.4. The molecule has 0 amide bonds. The van der Waals surface area contributed by atoms with E-state index in [4.69, 9.17) is 9.47 Å². The van der Waals surface area contributed by atoms with E-state index >= 15 is 0 Å². The third-order valence-electron chi connectivity index (χ3n) is 3.08. The molecule has 1 saturated heterocycles. The van der Waals surface area contributed by atoms with Gasteiger partial charge in [0.15, 0.2) is 0 Å². The Morgan fingerprint density at radius 2 is 2.07 bits per heavy atom. The number of alkyl halides is 1. The van der Waals surface area contributed by atoms with Crippen LogP contribution >= 0.6 is 22.6 Å². The number of halogens is 1. The summed E-state index contributed by atoms with van der Waals surface area (Å²) in [6.45, 7) is 4.26. The van der Waals surface area contributed by atoms with Gasteiger partial charge in [0.05, 0.1) is 12.7 Å². The first-order valence-electron chi connectivity index (χ1n) is 4.96. The van der Waals surface area contributed by atoms with Gasteiger partial charge in [-0.3, -0.25) is 0 Å². The van der Waals surface area contributed by atoms with E-state index in [0.29, 0.717) is 0 Å². The van der Waals surface area contributed by atoms with Crippen LogP contribution in [0.25, 0.3) is 0 Å². The Morgan fingerprint density at radius 1 is 1.40 bits per heavy atom. The lowest BCUT2D eigenvalue weighted by atomic mass is 9.90. The van der Waals surface area contributed by atoms with Crippen LogP contribution in [-0.2, 0) is 10.3 Å². The van der Waals surface area contributed by atoms with Gasteiger partial charge in [-0.1, -0.05) is 34.7 Å². The Morgan fingerprint density at radius 3 is 2.53 bits per heavy atom. The molecule has 2 rings (SSSR count). The molecule has 1 aliphatic rings. The van der Waals surface area contributed by atoms with Crippen molar-refractivity contribution in [2.75, 3.05) is 11.5 Å². The third kappa shape index (κ3) is 1.65. The van der Waals surface area contributed by atoms with E-state index in [-0.39, 0.29) is 11.2 Å². The average molecular weight is 318 g/mol. The lowest BCUT2D eigenvalue weighted by molar-refractivity contribution is 0.291. The number of ether oxygens (including phenoxy) is 2. The zero-order valence-electron chi connectivity index (χ0n) is 9.21. The molecule has 1 atom stereocenters. The number of hydrogen-bond donors (Lipinski definition) is 0. The van der Waals surface area contributed by atoms with Crippen LogP contribution < -0.4 is 4.74 Å². The largest absolute Gasteiger partial charge is 0.497 e. The Kier molecular flexibility index (Phi) is 2.71. The Hall–Kier alpha value is -0.290. The summed E-state index contributed by atoms with van der Waals surface area (Å²) in [4.78, 5) is 0. The van der Waals surface area contributed by atoms with Crippen molar-refractivity contribution in [1.82, 2.24) is 0 Å². The smallest absolute Gasteiger partial charge is 0.131 e. The van der Waals surface area contributed by atoms with Gasteiger partial charge in [0.1, 0.15) is 11.4 Å². The van der Waals surface area contributed by atoms with E-state index < -0.39 is 0 Å². The maximum absolute atomic E-state index is 5.86. The van der Waals surface area contributed by atoms with E-state index in [1.165, 1.54) is 5.56 Å². The van der Waals surface area contributed by atoms with Gasteiger partial charge in [-0.05, 0) is 31.5 Å². The van der Waals surface area contributed by atoms with E-state index in [1.807, 2.05) is 12.1 Å². The van der Waals surface area contributed by atoms with Crippen LogP contribution in [0.3, 0.4) is 0 Å². The van der Waals surface area contributed by atoms with Crippen LogP contribution in [0, 0.1) is 0 Å². The summed E-state index contributed by atoms with van der Waals surface area (Å²) < 4.78 is 12.1. The lowest BCUT2D eigenvalue weighted by Crippen LogP contribution is -2.20. The predicted molar refractivity (Wildman–Crippen MR) is 68.7 cm³/mol. The van der Waals surface area contributed by atoms with Crippen molar-refractivity contribution in [3.8, 4) is 5.75 Å². The second-order valence-corrected chi connectivity index (χ2v) is 5.07. The molecule has 0 saturated carbocycles. The highest BCUT2D eigenvalue weighted by Gasteiger charge is 2.64. The quantitative estimate of drug-likeness (QED) is 0.485. The van der Waals surface area contributed by atoms with Crippen molar-refractivity contribution in [3.63, 3.8) is 0 Å². The summed E-state index contributed by atoms with van der Waals surface area (Å²) >= 11 is 2.38. The first-order valence-corrected chi connectivity index (χ1v) is 6.49. The van der Waals surface area contributed by atoms with Crippen molar-refractivity contribution >= 4 is 22.6 Å². The topological polar surface area (TPSA) is 21.8 Å². The van der Waals surface area contributed by atoms with Gasteiger partial charge in [0.2, 0.25) is 0 Å². The maximum Gasteiger partial charge on any atom is 0.131 e. The lowest BCUT2D eigenvalue weighted by Gasteiger charge is -2.13. The fraction of sp³-hybridized carbons (Fsp3) is 0.500. The Labute approximate surface area is 104 Å². The molecule has 1 aromatic carbocycles. The molecule has 82 valence electrons. The van der Waals surface area contributed by atoms with Crippen LogP contribution in [0.4, 0.5) is 0 Å². The molecular weight excluding hydrogens is 303 g/mol. The normalized spacial score (nSPS) is 27.5. The van der Waals surface area contributed by atoms with Gasteiger partial charge in [-0.2, -0.15) is 0 Å². The molecule has 0 aliphatic carbocycles. The van der Waals surface area contributed by atoms with Gasteiger partial charge >= 0.3 is 0 Å². The highest BCUT2D eigenvalue weighted by atomic mass is 127. The van der Waals surface area contributed by atoms with Crippen molar-refractivity contribution < 1.29 is 9.47 Å². The molecule has 2 nitrogen and oxygen atoms in total. The summed E-state index contributed by atoms with van der Waals surface area (Å²) in [5.74, 6) is 0.892. The molecule has 1 heterocycles. The SMILES string of the molecule is COc1cccc([C@]2(CI)OC2(C)C)c1. The Bertz CT molecular complexity index is 376. The minimum Gasteiger partial charge on any atom is -0.497 e. The first kappa shape index (κ1) is 11.2. The molecule has 0 N–H and O–H groups in total. The summed E-state index contributed by atoms with van der Waals surface area (Å²) in [6, 6.07) is 8.14. The third-order valence-corrected chi connectivity index (χ3v) is 4.16. The van der Waals surface area contributed by atoms with Crippen LogP contribution in [0.15, 0.2) is 24.3 Å². The first-order chi connectivity index (χ1) is 7.05. The highest BCUT2D eigenvalue weighted by Crippen LogP contribution is 2.56. The van der Waals surface area contributed by atoms with Gasteiger partial charge in [0.25, 0.3) is 0 Å². The van der Waals surface area contributed by atoms with Crippen molar-refractivity contribution in [2.45, 2.75) is 25.0 Å². The van der Waals surface area contributed by atoms with E-state index in [9.17, 15) is 0 Å².